The summed E-state index contributed by atoms with van der Waals surface area (Å²) in [6.07, 6.45) is 15.1. The fourth-order valence-corrected chi connectivity index (χ4v) is 5.99. The Labute approximate surface area is 267 Å². The molecule has 1 heterocycles. The molecule has 0 bridgehead atoms. The topological polar surface area (TPSA) is 90.2 Å². The van der Waals surface area contributed by atoms with Crippen LogP contribution in [0.25, 0.3) is 0 Å². The molecule has 8 nitrogen and oxygen atoms in total. The summed E-state index contributed by atoms with van der Waals surface area (Å²) in [5, 5.41) is 1.98. The van der Waals surface area contributed by atoms with Crippen LogP contribution in [0.15, 0.2) is 65.6 Å². The van der Waals surface area contributed by atoms with Crippen LogP contribution < -0.4 is 23.5 Å². The Morgan fingerprint density at radius 2 is 1.48 bits per heavy atom. The molecule has 0 saturated heterocycles. The van der Waals surface area contributed by atoms with Gasteiger partial charge >= 0.3 is 7.82 Å². The second-order valence-electron chi connectivity index (χ2n) is 11.0. The number of phosphoric ester groups is 1. The summed E-state index contributed by atoms with van der Waals surface area (Å²) in [4.78, 5) is 12.6. The zero-order valence-corrected chi connectivity index (χ0v) is 28.1. The van der Waals surface area contributed by atoms with Crippen LogP contribution in [-0.2, 0) is 20.4 Å². The van der Waals surface area contributed by atoms with Crippen molar-refractivity contribution in [3.05, 3.63) is 71.2 Å². The Morgan fingerprint density at radius 3 is 2.14 bits per heavy atom. The van der Waals surface area contributed by atoms with Gasteiger partial charge in [-0.3, -0.25) is 4.57 Å². The molecule has 3 rings (SSSR count). The quantitative estimate of drug-likeness (QED) is 0.0521. The number of hydrogen-bond donors (Lipinski definition) is 0. The monoisotopic (exact) mass is 647 g/mol. The Morgan fingerprint density at radius 1 is 0.795 bits per heavy atom. The summed E-state index contributed by atoms with van der Waals surface area (Å²) in [5.74, 6) is 1.65. The lowest BCUT2D eigenvalue weighted by Gasteiger charge is -2.26. The van der Waals surface area contributed by atoms with Crippen LogP contribution in [-0.4, -0.2) is 32.5 Å². The molecule has 0 aliphatic carbocycles. The van der Waals surface area contributed by atoms with Crippen LogP contribution >= 0.6 is 19.2 Å². The molecule has 2 atom stereocenters. The molecule has 0 amide bonds. The van der Waals surface area contributed by atoms with Crippen LogP contribution in [0.1, 0.15) is 90.0 Å². The summed E-state index contributed by atoms with van der Waals surface area (Å²) in [6, 6.07) is 14.4. The van der Waals surface area contributed by atoms with Gasteiger partial charge in [0, 0.05) is 12.2 Å². The Kier molecular flexibility index (Phi) is 17.5. The molecule has 0 aliphatic heterocycles. The number of aromatic nitrogens is 1. The zero-order valence-electron chi connectivity index (χ0n) is 26.4. The van der Waals surface area contributed by atoms with E-state index in [9.17, 15) is 9.46 Å². The highest BCUT2D eigenvalue weighted by Crippen LogP contribution is 2.40. The Balaban J connectivity index is 1.35. The average molecular weight is 648 g/mol. The summed E-state index contributed by atoms with van der Waals surface area (Å²) >= 11 is 1.59. The van der Waals surface area contributed by atoms with Crippen LogP contribution in [0.4, 0.5) is 0 Å². The van der Waals surface area contributed by atoms with E-state index in [4.69, 9.17) is 23.3 Å². The third-order valence-electron chi connectivity index (χ3n) is 7.01. The summed E-state index contributed by atoms with van der Waals surface area (Å²) in [5.41, 5.74) is 2.90. The number of nitrogens with zero attached hydrogens (tertiary/aromatic N) is 1. The van der Waals surface area contributed by atoms with Gasteiger partial charge in [-0.1, -0.05) is 95.1 Å². The maximum Gasteiger partial charge on any atom is 0.319 e. The second-order valence-corrected chi connectivity index (χ2v) is 13.1. The van der Waals surface area contributed by atoms with E-state index in [1.165, 1.54) is 57.8 Å². The minimum atomic E-state index is -4.63. The van der Waals surface area contributed by atoms with Crippen molar-refractivity contribution in [2.45, 2.75) is 97.1 Å². The molecule has 0 spiro atoms. The van der Waals surface area contributed by atoms with Crippen LogP contribution in [0.3, 0.4) is 0 Å². The third kappa shape index (κ3) is 15.5. The molecule has 3 aromatic rings. The molecule has 0 fully saturated rings. The van der Waals surface area contributed by atoms with Crippen molar-refractivity contribution < 1.29 is 37.3 Å². The predicted molar refractivity (Wildman–Crippen MR) is 174 cm³/mol. The maximum absolute atomic E-state index is 12.6. The fraction of sp³-hybridized carbons (Fsp3) is 0.559. The smallest absolute Gasteiger partial charge is 0.319 e. The van der Waals surface area contributed by atoms with E-state index in [-0.39, 0.29) is 19.0 Å². The number of thiazole rings is 1. The SMILES string of the molecule is CCCCCCCCCCCCOc1ccc(OCC(COP(=O)([O-])Oc2cccc(C[n+]3ccsc3)c2)OCCC)cc1. The molecule has 10 heteroatoms. The Bertz CT molecular complexity index is 1190. The van der Waals surface area contributed by atoms with Crippen molar-refractivity contribution in [2.75, 3.05) is 26.4 Å². The first kappa shape index (κ1) is 36.1. The van der Waals surface area contributed by atoms with Gasteiger partial charge in [-0.25, -0.2) is 0 Å². The number of rotatable bonds is 25. The van der Waals surface area contributed by atoms with E-state index in [0.29, 0.717) is 25.5 Å². The van der Waals surface area contributed by atoms with Crippen LogP contribution in [0.5, 0.6) is 17.2 Å². The molecule has 1 aromatic heterocycles. The fourth-order valence-electron chi connectivity index (χ4n) is 4.62. The van der Waals surface area contributed by atoms with Gasteiger partial charge in [-0.2, -0.15) is 4.57 Å². The second kappa shape index (κ2) is 21.3. The molecule has 2 unspecified atom stereocenters. The third-order valence-corrected chi connectivity index (χ3v) is 8.58. The van der Waals surface area contributed by atoms with Gasteiger partial charge < -0.3 is 28.2 Å². The van der Waals surface area contributed by atoms with Gasteiger partial charge in [0.1, 0.15) is 30.0 Å². The van der Waals surface area contributed by atoms with E-state index < -0.39 is 13.9 Å². The molecule has 0 saturated carbocycles. The zero-order chi connectivity index (χ0) is 31.3. The first-order chi connectivity index (χ1) is 21.5. The van der Waals surface area contributed by atoms with E-state index in [1.807, 2.05) is 58.9 Å². The molecule has 44 heavy (non-hydrogen) atoms. The van der Waals surface area contributed by atoms with Crippen molar-refractivity contribution >= 4 is 19.2 Å². The minimum absolute atomic E-state index is 0.131. The van der Waals surface area contributed by atoms with Gasteiger partial charge in [0.25, 0.3) is 0 Å². The first-order valence-corrected chi connectivity index (χ1v) is 18.5. The van der Waals surface area contributed by atoms with Gasteiger partial charge in [0.2, 0.25) is 5.51 Å². The highest BCUT2D eigenvalue weighted by Gasteiger charge is 2.18. The van der Waals surface area contributed by atoms with Crippen LogP contribution in [0.2, 0.25) is 0 Å². The number of hydrogen-bond acceptors (Lipinski definition) is 8. The molecular weight excluding hydrogens is 597 g/mol. The maximum atomic E-state index is 12.6. The normalized spacial score (nSPS) is 13.3. The highest BCUT2D eigenvalue weighted by molar-refractivity contribution is 7.46. The average Bonchev–Trinajstić information content (AvgIpc) is 3.53. The van der Waals surface area contributed by atoms with E-state index in [2.05, 4.69) is 6.92 Å². The van der Waals surface area contributed by atoms with Crippen molar-refractivity contribution in [2.24, 2.45) is 0 Å². The van der Waals surface area contributed by atoms with Gasteiger partial charge in [0.05, 0.1) is 18.6 Å². The largest absolute Gasteiger partial charge is 0.746 e. The van der Waals surface area contributed by atoms with Crippen molar-refractivity contribution in [3.8, 4) is 17.2 Å². The molecular formula is C34H50NO7PS. The van der Waals surface area contributed by atoms with Crippen molar-refractivity contribution in [1.29, 1.82) is 0 Å². The first-order valence-electron chi connectivity index (χ1n) is 16.1. The van der Waals surface area contributed by atoms with Crippen molar-refractivity contribution in [1.82, 2.24) is 0 Å². The lowest BCUT2D eigenvalue weighted by Crippen LogP contribution is -2.30. The number of benzene rings is 2. The Hall–Kier alpha value is -2.42. The summed E-state index contributed by atoms with van der Waals surface area (Å²) in [7, 11) is -4.63. The minimum Gasteiger partial charge on any atom is -0.746 e. The molecule has 0 radical (unpaired) electrons. The number of phosphoric acid groups is 1. The highest BCUT2D eigenvalue weighted by atomic mass is 32.1. The standard InChI is InChI=1S/C34H50NO7PS/c1-3-5-6-7-8-9-10-11-12-13-23-39-31-17-19-32(20-18-31)40-27-34(38-22-4-2)28-41-43(36,37)42-33-16-14-15-30(25-33)26-35-21-24-44-29-35/h14-21,24-25,29,34H,3-13,22-23,26-28H2,1-2H3. The number of ether oxygens (including phenoxy) is 3. The van der Waals surface area contributed by atoms with Gasteiger partial charge in [0.15, 0.2) is 12.7 Å². The van der Waals surface area contributed by atoms with E-state index >= 15 is 0 Å². The predicted octanol–water partition coefficient (Wildman–Crippen LogP) is 8.12. The molecule has 2 aromatic carbocycles. The number of unbranched alkanes of at least 4 members (excludes halogenated alkanes) is 9. The van der Waals surface area contributed by atoms with Gasteiger partial charge in [-0.05, 0) is 49.2 Å². The molecule has 0 aliphatic rings. The van der Waals surface area contributed by atoms with E-state index in [1.54, 1.807) is 29.5 Å². The summed E-state index contributed by atoms with van der Waals surface area (Å²) < 4.78 is 42.6. The van der Waals surface area contributed by atoms with Gasteiger partial charge in [-0.15, -0.1) is 0 Å². The lowest BCUT2D eigenvalue weighted by atomic mass is 10.1. The van der Waals surface area contributed by atoms with Crippen molar-refractivity contribution in [3.63, 3.8) is 0 Å². The lowest BCUT2D eigenvalue weighted by molar-refractivity contribution is -0.683. The molecule has 244 valence electrons. The molecule has 0 N–H and O–H groups in total. The van der Waals surface area contributed by atoms with E-state index in [0.717, 1.165) is 24.2 Å². The summed E-state index contributed by atoms with van der Waals surface area (Å²) in [6.45, 7) is 5.92. The van der Waals surface area contributed by atoms with Crippen LogP contribution in [0, 0.1) is 0 Å².